The lowest BCUT2D eigenvalue weighted by atomic mass is 9.93. The average molecular weight is 171 g/mol. The summed E-state index contributed by atoms with van der Waals surface area (Å²) in [4.78, 5) is 22.0. The molecule has 0 saturated carbocycles. The van der Waals surface area contributed by atoms with Crippen molar-refractivity contribution < 1.29 is 9.59 Å². The number of rotatable bonds is 6. The molecule has 0 aliphatic carbocycles. The van der Waals surface area contributed by atoms with Gasteiger partial charge in [0.25, 0.3) is 0 Å². The van der Waals surface area contributed by atoms with E-state index in [0.29, 0.717) is 13.0 Å². The molecule has 2 N–H and O–H groups in total. The number of hydrogen-bond donors (Lipinski definition) is 1. The first-order chi connectivity index (χ1) is 5.63. The summed E-state index contributed by atoms with van der Waals surface area (Å²) in [7, 11) is 0. The molecule has 0 aliphatic rings. The summed E-state index contributed by atoms with van der Waals surface area (Å²) >= 11 is 0. The molecule has 0 aliphatic heterocycles. The molecular formula is C9H17NO2. The van der Waals surface area contributed by atoms with Crippen molar-refractivity contribution in [2.75, 3.05) is 6.54 Å². The second-order valence-corrected chi connectivity index (χ2v) is 2.98. The highest BCUT2D eigenvalue weighted by atomic mass is 16.2. The van der Waals surface area contributed by atoms with Crippen LogP contribution in [0.5, 0.6) is 0 Å². The van der Waals surface area contributed by atoms with Gasteiger partial charge in [-0.25, -0.2) is 0 Å². The maximum atomic E-state index is 11.2. The van der Waals surface area contributed by atoms with Gasteiger partial charge in [-0.3, -0.25) is 9.59 Å². The van der Waals surface area contributed by atoms with Gasteiger partial charge < -0.3 is 5.73 Å². The van der Waals surface area contributed by atoms with Crippen LogP contribution in [0.4, 0.5) is 0 Å². The van der Waals surface area contributed by atoms with Crippen molar-refractivity contribution in [3.63, 3.8) is 0 Å². The monoisotopic (exact) mass is 171 g/mol. The number of nitrogens with two attached hydrogens (primary N) is 1. The minimum absolute atomic E-state index is 0.141. The zero-order chi connectivity index (χ0) is 9.56. The van der Waals surface area contributed by atoms with E-state index < -0.39 is 0 Å². The van der Waals surface area contributed by atoms with E-state index >= 15 is 0 Å². The van der Waals surface area contributed by atoms with Crippen LogP contribution in [0.15, 0.2) is 0 Å². The molecule has 0 fully saturated rings. The zero-order valence-electron chi connectivity index (χ0n) is 7.80. The molecule has 0 radical (unpaired) electrons. The molecule has 1 unspecified atom stereocenters. The van der Waals surface area contributed by atoms with Gasteiger partial charge in [-0.15, -0.1) is 0 Å². The van der Waals surface area contributed by atoms with Crippen molar-refractivity contribution in [2.24, 2.45) is 11.7 Å². The highest BCUT2D eigenvalue weighted by Crippen LogP contribution is 2.11. The Morgan fingerprint density at radius 1 is 1.33 bits per heavy atom. The van der Waals surface area contributed by atoms with Gasteiger partial charge in [-0.1, -0.05) is 13.3 Å². The SMILES string of the molecule is CCCC(CCN)C(=O)C(C)=O. The molecule has 0 aromatic heterocycles. The summed E-state index contributed by atoms with van der Waals surface area (Å²) in [5.74, 6) is -0.748. The summed E-state index contributed by atoms with van der Waals surface area (Å²) in [5, 5.41) is 0. The Morgan fingerprint density at radius 2 is 1.92 bits per heavy atom. The molecule has 3 nitrogen and oxygen atoms in total. The number of carbonyl (C=O) groups excluding carboxylic acids is 2. The van der Waals surface area contributed by atoms with Gasteiger partial charge in [0.2, 0.25) is 5.78 Å². The van der Waals surface area contributed by atoms with Gasteiger partial charge in [0.15, 0.2) is 5.78 Å². The normalized spacial score (nSPS) is 12.6. The summed E-state index contributed by atoms with van der Waals surface area (Å²) < 4.78 is 0. The van der Waals surface area contributed by atoms with Crippen molar-refractivity contribution >= 4 is 11.6 Å². The van der Waals surface area contributed by atoms with Crippen LogP contribution in [0.25, 0.3) is 0 Å². The molecule has 0 aromatic carbocycles. The van der Waals surface area contributed by atoms with E-state index in [4.69, 9.17) is 5.73 Å². The van der Waals surface area contributed by atoms with Gasteiger partial charge >= 0.3 is 0 Å². The lowest BCUT2D eigenvalue weighted by molar-refractivity contribution is -0.138. The van der Waals surface area contributed by atoms with Crippen molar-refractivity contribution in [3.8, 4) is 0 Å². The van der Waals surface area contributed by atoms with E-state index in [1.54, 1.807) is 0 Å². The van der Waals surface area contributed by atoms with Gasteiger partial charge in [-0.05, 0) is 19.4 Å². The Morgan fingerprint density at radius 3 is 2.25 bits per heavy atom. The van der Waals surface area contributed by atoms with Crippen LogP contribution in [0.1, 0.15) is 33.1 Å². The molecular weight excluding hydrogens is 154 g/mol. The quantitative estimate of drug-likeness (QED) is 0.604. The molecule has 0 spiro atoms. The number of Topliss-reactive ketones (excluding diaryl/α,β-unsaturated/α-hetero) is 2. The molecule has 0 aromatic rings. The lowest BCUT2D eigenvalue weighted by Crippen LogP contribution is -2.23. The molecule has 3 heteroatoms. The molecule has 70 valence electrons. The van der Waals surface area contributed by atoms with E-state index in [1.165, 1.54) is 6.92 Å². The Hall–Kier alpha value is -0.700. The smallest absolute Gasteiger partial charge is 0.201 e. The van der Waals surface area contributed by atoms with Crippen LogP contribution >= 0.6 is 0 Å². The summed E-state index contributed by atoms with van der Waals surface area (Å²) in [6.45, 7) is 3.79. The Bertz CT molecular complexity index is 160. The van der Waals surface area contributed by atoms with Crippen LogP contribution in [0.3, 0.4) is 0 Å². The second-order valence-electron chi connectivity index (χ2n) is 2.98. The molecule has 0 saturated heterocycles. The predicted octanol–water partition coefficient (Wildman–Crippen LogP) is 0.910. The summed E-state index contributed by atoms with van der Waals surface area (Å²) in [6.07, 6.45) is 2.32. The predicted molar refractivity (Wildman–Crippen MR) is 47.8 cm³/mol. The van der Waals surface area contributed by atoms with Crippen LogP contribution in [0, 0.1) is 5.92 Å². The number of carbonyl (C=O) groups is 2. The topological polar surface area (TPSA) is 60.2 Å². The average Bonchev–Trinajstić information content (AvgIpc) is 2.03. The lowest BCUT2D eigenvalue weighted by Gasteiger charge is -2.10. The van der Waals surface area contributed by atoms with Gasteiger partial charge in [0, 0.05) is 12.8 Å². The van der Waals surface area contributed by atoms with E-state index in [-0.39, 0.29) is 17.5 Å². The highest BCUT2D eigenvalue weighted by molar-refractivity contribution is 6.37. The minimum atomic E-state index is -0.345. The van der Waals surface area contributed by atoms with Crippen LogP contribution < -0.4 is 5.73 Å². The van der Waals surface area contributed by atoms with Gasteiger partial charge in [0.1, 0.15) is 0 Å². The molecule has 0 amide bonds. The van der Waals surface area contributed by atoms with Crippen molar-refractivity contribution in [1.29, 1.82) is 0 Å². The van der Waals surface area contributed by atoms with Gasteiger partial charge in [-0.2, -0.15) is 0 Å². The fourth-order valence-corrected chi connectivity index (χ4v) is 1.24. The third-order valence-electron chi connectivity index (χ3n) is 1.87. The fourth-order valence-electron chi connectivity index (χ4n) is 1.24. The van der Waals surface area contributed by atoms with E-state index in [2.05, 4.69) is 0 Å². The highest BCUT2D eigenvalue weighted by Gasteiger charge is 2.19. The Kier molecular flexibility index (Phi) is 5.54. The third kappa shape index (κ3) is 3.62. The number of hydrogen-bond acceptors (Lipinski definition) is 3. The third-order valence-corrected chi connectivity index (χ3v) is 1.87. The summed E-state index contributed by atoms with van der Waals surface area (Å²) in [5.41, 5.74) is 5.33. The van der Waals surface area contributed by atoms with E-state index in [1.807, 2.05) is 6.92 Å². The number of ketones is 2. The largest absolute Gasteiger partial charge is 0.330 e. The van der Waals surface area contributed by atoms with Crippen molar-refractivity contribution in [2.45, 2.75) is 33.1 Å². The maximum absolute atomic E-state index is 11.2. The second kappa shape index (κ2) is 5.89. The van der Waals surface area contributed by atoms with Crippen LogP contribution in [0.2, 0.25) is 0 Å². The van der Waals surface area contributed by atoms with Crippen molar-refractivity contribution in [1.82, 2.24) is 0 Å². The Labute approximate surface area is 73.3 Å². The first-order valence-electron chi connectivity index (χ1n) is 4.38. The molecule has 0 heterocycles. The van der Waals surface area contributed by atoms with Crippen molar-refractivity contribution in [3.05, 3.63) is 0 Å². The van der Waals surface area contributed by atoms with Crippen LogP contribution in [-0.2, 0) is 9.59 Å². The first-order valence-corrected chi connectivity index (χ1v) is 4.38. The van der Waals surface area contributed by atoms with E-state index in [0.717, 1.165) is 12.8 Å². The van der Waals surface area contributed by atoms with E-state index in [9.17, 15) is 9.59 Å². The first kappa shape index (κ1) is 11.3. The molecule has 1 atom stereocenters. The molecule has 12 heavy (non-hydrogen) atoms. The van der Waals surface area contributed by atoms with Gasteiger partial charge in [0.05, 0.1) is 0 Å². The maximum Gasteiger partial charge on any atom is 0.201 e. The van der Waals surface area contributed by atoms with Crippen LogP contribution in [-0.4, -0.2) is 18.1 Å². The zero-order valence-corrected chi connectivity index (χ0v) is 7.80. The standard InChI is InChI=1S/C9H17NO2/c1-3-4-8(5-6-10)9(12)7(2)11/h8H,3-6,10H2,1-2H3. The summed E-state index contributed by atoms with van der Waals surface area (Å²) in [6, 6.07) is 0. The molecule has 0 rings (SSSR count). The Balaban J connectivity index is 4.08. The molecule has 0 bridgehead atoms. The fraction of sp³-hybridized carbons (Fsp3) is 0.778. The minimum Gasteiger partial charge on any atom is -0.330 e.